The number of pyridine rings is 1. The fourth-order valence-corrected chi connectivity index (χ4v) is 2.06. The quantitative estimate of drug-likeness (QED) is 0.812. The number of aromatic nitrogens is 1. The maximum Gasteiger partial charge on any atom is 0.273 e. The molecule has 0 radical (unpaired) electrons. The maximum absolute atomic E-state index is 12.1. The molecule has 4 heteroatoms. The number of halogens is 1. The summed E-state index contributed by atoms with van der Waals surface area (Å²) >= 11 is 3.44. The second-order valence-electron chi connectivity index (χ2n) is 4.09. The molecule has 0 aliphatic rings. The Balaban J connectivity index is 2.69. The Kier molecular flexibility index (Phi) is 3.35. The molecule has 1 heterocycles. The van der Waals surface area contributed by atoms with Crippen LogP contribution in [0.5, 0.6) is 0 Å². The molecule has 0 aliphatic heterocycles. The van der Waals surface area contributed by atoms with Gasteiger partial charge in [0.05, 0.1) is 0 Å². The first kappa shape index (κ1) is 12.6. The molecule has 0 saturated carbocycles. The summed E-state index contributed by atoms with van der Waals surface area (Å²) in [5.41, 5.74) is 2.45. The number of aryl methyl sites for hydroxylation is 2. The number of nitriles is 1. The summed E-state index contributed by atoms with van der Waals surface area (Å²) in [6.45, 7) is 3.74. The van der Waals surface area contributed by atoms with Gasteiger partial charge < -0.3 is 0 Å². The Bertz CT molecular complexity index is 711. The summed E-state index contributed by atoms with van der Waals surface area (Å²) in [7, 11) is 0. The van der Waals surface area contributed by atoms with E-state index in [1.165, 1.54) is 4.57 Å². The van der Waals surface area contributed by atoms with Gasteiger partial charge in [0.1, 0.15) is 11.6 Å². The van der Waals surface area contributed by atoms with Crippen molar-refractivity contribution in [3.05, 3.63) is 62.0 Å². The Morgan fingerprint density at radius 2 is 1.94 bits per heavy atom. The number of hydrogen-bond donors (Lipinski definition) is 0. The van der Waals surface area contributed by atoms with Gasteiger partial charge in [0, 0.05) is 16.4 Å². The largest absolute Gasteiger partial charge is 0.283 e. The number of nitrogens with zero attached hydrogens (tertiary/aromatic N) is 2. The Morgan fingerprint density at radius 3 is 2.56 bits per heavy atom. The lowest BCUT2D eigenvalue weighted by Crippen LogP contribution is -2.21. The molecule has 0 bridgehead atoms. The van der Waals surface area contributed by atoms with Crippen LogP contribution >= 0.6 is 15.9 Å². The van der Waals surface area contributed by atoms with Gasteiger partial charge in [0.25, 0.3) is 5.56 Å². The smallest absolute Gasteiger partial charge is 0.273 e. The highest BCUT2D eigenvalue weighted by molar-refractivity contribution is 9.10. The minimum absolute atomic E-state index is 0.189. The molecule has 0 fully saturated rings. The van der Waals surface area contributed by atoms with Gasteiger partial charge in [0.2, 0.25) is 0 Å². The molecule has 0 aliphatic carbocycles. The molecular formula is C14H11BrN2O. The van der Waals surface area contributed by atoms with Gasteiger partial charge in [-0.25, -0.2) is 0 Å². The predicted octanol–water partition coefficient (Wildman–Crippen LogP) is 3.09. The average Bonchev–Trinajstić information content (AvgIpc) is 2.34. The predicted molar refractivity (Wildman–Crippen MR) is 73.9 cm³/mol. The van der Waals surface area contributed by atoms with Crippen molar-refractivity contribution in [1.29, 1.82) is 5.26 Å². The van der Waals surface area contributed by atoms with Crippen molar-refractivity contribution in [2.24, 2.45) is 0 Å². The lowest BCUT2D eigenvalue weighted by atomic mass is 10.1. The van der Waals surface area contributed by atoms with Gasteiger partial charge in [0.15, 0.2) is 0 Å². The van der Waals surface area contributed by atoms with Crippen LogP contribution in [0.1, 0.15) is 16.7 Å². The van der Waals surface area contributed by atoms with Crippen LogP contribution in [0.4, 0.5) is 0 Å². The zero-order chi connectivity index (χ0) is 13.3. The third-order valence-corrected chi connectivity index (χ3v) is 3.70. The third kappa shape index (κ3) is 2.09. The molecule has 0 amide bonds. The van der Waals surface area contributed by atoms with E-state index >= 15 is 0 Å². The second-order valence-corrected chi connectivity index (χ2v) is 4.95. The van der Waals surface area contributed by atoms with Gasteiger partial charge in [-0.3, -0.25) is 9.36 Å². The standard InChI is InChI=1S/C14H11BrN2O/c1-9-5-6-17(14(18)12(9)8-16)11-4-3-10(2)13(15)7-11/h3-7H,1-2H3. The summed E-state index contributed by atoms with van der Waals surface area (Å²) in [6.07, 6.45) is 1.69. The van der Waals surface area contributed by atoms with Gasteiger partial charge in [-0.05, 0) is 43.2 Å². The molecule has 18 heavy (non-hydrogen) atoms. The SMILES string of the molecule is Cc1ccc(-n2ccc(C)c(C#N)c2=O)cc1Br. The van der Waals surface area contributed by atoms with Crippen molar-refractivity contribution in [1.82, 2.24) is 4.57 Å². The van der Waals surface area contributed by atoms with E-state index in [0.717, 1.165) is 15.7 Å². The van der Waals surface area contributed by atoms with Crippen LogP contribution in [0.3, 0.4) is 0 Å². The normalized spacial score (nSPS) is 10.1. The molecule has 1 aromatic heterocycles. The Hall–Kier alpha value is -1.86. The van der Waals surface area contributed by atoms with Crippen molar-refractivity contribution in [3.63, 3.8) is 0 Å². The lowest BCUT2D eigenvalue weighted by molar-refractivity contribution is 0.970. The molecule has 0 atom stereocenters. The minimum Gasteiger partial charge on any atom is -0.283 e. The molecule has 3 nitrogen and oxygen atoms in total. The lowest BCUT2D eigenvalue weighted by Gasteiger charge is -2.08. The summed E-state index contributed by atoms with van der Waals surface area (Å²) in [5.74, 6) is 0. The highest BCUT2D eigenvalue weighted by atomic mass is 79.9. The van der Waals surface area contributed by atoms with Crippen molar-refractivity contribution >= 4 is 15.9 Å². The molecular weight excluding hydrogens is 292 g/mol. The molecule has 0 saturated heterocycles. The zero-order valence-electron chi connectivity index (χ0n) is 10.1. The highest BCUT2D eigenvalue weighted by Crippen LogP contribution is 2.19. The molecule has 0 unspecified atom stereocenters. The Morgan fingerprint density at radius 1 is 1.22 bits per heavy atom. The van der Waals surface area contributed by atoms with Crippen molar-refractivity contribution in [3.8, 4) is 11.8 Å². The van der Waals surface area contributed by atoms with Crippen LogP contribution in [0.2, 0.25) is 0 Å². The van der Waals surface area contributed by atoms with E-state index in [4.69, 9.17) is 5.26 Å². The zero-order valence-corrected chi connectivity index (χ0v) is 11.7. The summed E-state index contributed by atoms with van der Waals surface area (Å²) in [4.78, 5) is 12.1. The highest BCUT2D eigenvalue weighted by Gasteiger charge is 2.08. The first-order valence-corrected chi connectivity index (χ1v) is 6.23. The van der Waals surface area contributed by atoms with Gasteiger partial charge in [-0.15, -0.1) is 0 Å². The maximum atomic E-state index is 12.1. The number of benzene rings is 1. The molecule has 1 aromatic carbocycles. The van der Waals surface area contributed by atoms with Crippen molar-refractivity contribution < 1.29 is 0 Å². The molecule has 0 spiro atoms. The molecule has 0 N–H and O–H groups in total. The fraction of sp³-hybridized carbons (Fsp3) is 0.143. The van der Waals surface area contributed by atoms with Gasteiger partial charge >= 0.3 is 0 Å². The van der Waals surface area contributed by atoms with Crippen LogP contribution in [0.15, 0.2) is 39.7 Å². The third-order valence-electron chi connectivity index (χ3n) is 2.85. The van der Waals surface area contributed by atoms with Crippen LogP contribution < -0.4 is 5.56 Å². The molecule has 90 valence electrons. The van der Waals surface area contributed by atoms with E-state index in [1.54, 1.807) is 19.2 Å². The Labute approximate surface area is 113 Å². The van der Waals surface area contributed by atoms with Crippen LogP contribution in [0, 0.1) is 25.2 Å². The molecule has 2 rings (SSSR count). The fourth-order valence-electron chi connectivity index (χ4n) is 1.70. The van der Waals surface area contributed by atoms with E-state index in [0.29, 0.717) is 5.56 Å². The number of rotatable bonds is 1. The van der Waals surface area contributed by atoms with E-state index < -0.39 is 0 Å². The van der Waals surface area contributed by atoms with E-state index in [2.05, 4.69) is 15.9 Å². The van der Waals surface area contributed by atoms with Gasteiger partial charge in [-0.2, -0.15) is 5.26 Å². The summed E-state index contributed by atoms with van der Waals surface area (Å²) < 4.78 is 2.42. The van der Waals surface area contributed by atoms with Crippen molar-refractivity contribution in [2.75, 3.05) is 0 Å². The first-order valence-electron chi connectivity index (χ1n) is 5.43. The van der Waals surface area contributed by atoms with E-state index in [9.17, 15) is 4.79 Å². The van der Waals surface area contributed by atoms with Crippen LogP contribution in [0.25, 0.3) is 5.69 Å². The summed E-state index contributed by atoms with van der Waals surface area (Å²) in [6, 6.07) is 9.38. The van der Waals surface area contributed by atoms with Gasteiger partial charge in [-0.1, -0.05) is 22.0 Å². The second kappa shape index (κ2) is 4.79. The monoisotopic (exact) mass is 302 g/mol. The first-order chi connectivity index (χ1) is 8.54. The average molecular weight is 303 g/mol. The van der Waals surface area contributed by atoms with E-state index in [-0.39, 0.29) is 11.1 Å². The molecule has 2 aromatic rings. The number of hydrogen-bond acceptors (Lipinski definition) is 2. The topological polar surface area (TPSA) is 45.8 Å². The minimum atomic E-state index is -0.284. The van der Waals surface area contributed by atoms with Crippen molar-refractivity contribution in [2.45, 2.75) is 13.8 Å². The van der Waals surface area contributed by atoms with Crippen LogP contribution in [-0.2, 0) is 0 Å². The van der Waals surface area contributed by atoms with Crippen LogP contribution in [-0.4, -0.2) is 4.57 Å². The summed E-state index contributed by atoms with van der Waals surface area (Å²) in [5, 5.41) is 9.00. The van der Waals surface area contributed by atoms with E-state index in [1.807, 2.05) is 31.2 Å².